The van der Waals surface area contributed by atoms with E-state index in [1.165, 1.54) is 0 Å². The molecular weight excluding hydrogens is 374 g/mol. The van der Waals surface area contributed by atoms with Gasteiger partial charge in [0.1, 0.15) is 11.7 Å². The fourth-order valence-corrected chi connectivity index (χ4v) is 3.56. The van der Waals surface area contributed by atoms with Crippen LogP contribution in [0.25, 0.3) is 0 Å². The molecule has 0 spiro atoms. The molecule has 0 aliphatic carbocycles. The Bertz CT molecular complexity index is 983. The third kappa shape index (κ3) is 3.80. The number of aromatic nitrogens is 1. The van der Waals surface area contributed by atoms with E-state index in [2.05, 4.69) is 5.32 Å². The number of hydrogen-bond acceptors (Lipinski definition) is 2. The fourth-order valence-electron chi connectivity index (χ4n) is 3.44. The zero-order valence-corrected chi connectivity index (χ0v) is 16.0. The van der Waals surface area contributed by atoms with E-state index in [1.807, 2.05) is 59.3 Å². The Kier molecular flexibility index (Phi) is 5.17. The second-order valence-electron chi connectivity index (χ2n) is 6.82. The van der Waals surface area contributed by atoms with Gasteiger partial charge in [0.25, 0.3) is 5.91 Å². The summed E-state index contributed by atoms with van der Waals surface area (Å²) in [6.45, 7) is 1.22. The second kappa shape index (κ2) is 7.90. The molecule has 0 radical (unpaired) electrons. The van der Waals surface area contributed by atoms with E-state index in [0.717, 1.165) is 11.1 Å². The summed E-state index contributed by atoms with van der Waals surface area (Å²) in [5, 5.41) is 3.61. The van der Waals surface area contributed by atoms with Gasteiger partial charge in [0.2, 0.25) is 5.91 Å². The molecule has 2 aromatic carbocycles. The molecule has 2 heterocycles. The average molecular weight is 394 g/mol. The van der Waals surface area contributed by atoms with Gasteiger partial charge in [-0.2, -0.15) is 0 Å². The van der Waals surface area contributed by atoms with Gasteiger partial charge in [-0.3, -0.25) is 9.59 Å². The van der Waals surface area contributed by atoms with Crippen LogP contribution in [0.2, 0.25) is 5.02 Å². The lowest BCUT2D eigenvalue weighted by molar-refractivity contribution is -0.126. The first-order valence-electron chi connectivity index (χ1n) is 9.14. The molecule has 1 N–H and O–H groups in total. The maximum Gasteiger partial charge on any atom is 0.271 e. The van der Waals surface area contributed by atoms with Crippen LogP contribution in [-0.4, -0.2) is 27.3 Å². The second-order valence-corrected chi connectivity index (χ2v) is 7.26. The number of nitrogens with zero attached hydrogens (tertiary/aromatic N) is 2. The highest BCUT2D eigenvalue weighted by atomic mass is 35.5. The van der Waals surface area contributed by atoms with Crippen molar-refractivity contribution >= 4 is 23.4 Å². The lowest BCUT2D eigenvalue weighted by Crippen LogP contribution is -2.54. The van der Waals surface area contributed by atoms with Gasteiger partial charge in [-0.05, 0) is 35.4 Å². The molecular formula is C22H20ClN3O2. The molecule has 1 atom stereocenters. The Balaban J connectivity index is 1.54. The number of nitrogens with one attached hydrogen (secondary N) is 1. The van der Waals surface area contributed by atoms with E-state index in [4.69, 9.17) is 11.6 Å². The minimum absolute atomic E-state index is 0.133. The first-order chi connectivity index (χ1) is 13.6. The van der Waals surface area contributed by atoms with Crippen LogP contribution >= 0.6 is 11.6 Å². The van der Waals surface area contributed by atoms with Crippen LogP contribution in [-0.2, 0) is 24.4 Å². The Morgan fingerprint density at radius 1 is 1.00 bits per heavy atom. The standard InChI is InChI=1S/C22H20ClN3O2/c23-18-10-8-16(9-11-18)13-24-21(27)20-15-25-12-4-7-19(25)22(28)26(20)14-17-5-2-1-3-6-17/h1-12,20H,13-15H2,(H,24,27). The number of rotatable bonds is 5. The van der Waals surface area contributed by atoms with Crippen molar-refractivity contribution in [2.75, 3.05) is 0 Å². The van der Waals surface area contributed by atoms with Crippen molar-refractivity contribution in [3.63, 3.8) is 0 Å². The molecule has 4 rings (SSSR count). The quantitative estimate of drug-likeness (QED) is 0.721. The fraction of sp³-hybridized carbons (Fsp3) is 0.182. The molecule has 0 saturated carbocycles. The zero-order chi connectivity index (χ0) is 19.5. The maximum atomic E-state index is 13.0. The molecule has 2 amide bonds. The topological polar surface area (TPSA) is 54.3 Å². The van der Waals surface area contributed by atoms with Gasteiger partial charge >= 0.3 is 0 Å². The summed E-state index contributed by atoms with van der Waals surface area (Å²) < 4.78 is 1.84. The van der Waals surface area contributed by atoms with E-state index >= 15 is 0 Å². The smallest absolute Gasteiger partial charge is 0.271 e. The maximum absolute atomic E-state index is 13.0. The van der Waals surface area contributed by atoms with E-state index in [0.29, 0.717) is 30.4 Å². The summed E-state index contributed by atoms with van der Waals surface area (Å²) >= 11 is 5.91. The van der Waals surface area contributed by atoms with Crippen molar-refractivity contribution in [3.8, 4) is 0 Å². The SMILES string of the molecule is O=C(NCc1ccc(Cl)cc1)C1Cn2cccc2C(=O)N1Cc1ccccc1. The number of halogens is 1. The minimum Gasteiger partial charge on any atom is -0.350 e. The predicted octanol–water partition coefficient (Wildman–Crippen LogP) is 3.48. The zero-order valence-electron chi connectivity index (χ0n) is 15.2. The Morgan fingerprint density at radius 2 is 1.75 bits per heavy atom. The summed E-state index contributed by atoms with van der Waals surface area (Å²) in [6, 6.07) is 20.1. The Labute approximate surface area is 168 Å². The third-order valence-corrected chi connectivity index (χ3v) is 5.19. The van der Waals surface area contributed by atoms with Crippen molar-refractivity contribution in [1.29, 1.82) is 0 Å². The van der Waals surface area contributed by atoms with Crippen LogP contribution < -0.4 is 5.32 Å². The molecule has 6 heteroatoms. The third-order valence-electron chi connectivity index (χ3n) is 4.93. The molecule has 5 nitrogen and oxygen atoms in total. The lowest BCUT2D eigenvalue weighted by Gasteiger charge is -2.35. The van der Waals surface area contributed by atoms with Gasteiger partial charge < -0.3 is 14.8 Å². The molecule has 142 valence electrons. The molecule has 0 fully saturated rings. The number of hydrogen-bond donors (Lipinski definition) is 1. The van der Waals surface area contributed by atoms with Gasteiger partial charge in [0, 0.05) is 24.3 Å². The molecule has 0 saturated heterocycles. The summed E-state index contributed by atoms with van der Waals surface area (Å²) in [4.78, 5) is 27.6. The van der Waals surface area contributed by atoms with Gasteiger partial charge in [0.15, 0.2) is 0 Å². The largest absolute Gasteiger partial charge is 0.350 e. The summed E-state index contributed by atoms with van der Waals surface area (Å²) in [6.07, 6.45) is 1.84. The van der Waals surface area contributed by atoms with Gasteiger partial charge in [0.05, 0.1) is 6.54 Å². The molecule has 0 bridgehead atoms. The number of fused-ring (bicyclic) bond motifs is 1. The normalized spacial score (nSPS) is 16.0. The highest BCUT2D eigenvalue weighted by Gasteiger charge is 2.36. The summed E-state index contributed by atoms with van der Waals surface area (Å²) in [5.74, 6) is -0.301. The Hall–Kier alpha value is -3.05. The van der Waals surface area contributed by atoms with Gasteiger partial charge in [-0.15, -0.1) is 0 Å². The van der Waals surface area contributed by atoms with Crippen molar-refractivity contribution in [2.45, 2.75) is 25.7 Å². The van der Waals surface area contributed by atoms with Crippen LogP contribution in [0.5, 0.6) is 0 Å². The molecule has 3 aromatic rings. The molecule has 1 aliphatic heterocycles. The summed E-state index contributed by atoms with van der Waals surface area (Å²) in [7, 11) is 0. The highest BCUT2D eigenvalue weighted by molar-refractivity contribution is 6.30. The average Bonchev–Trinajstić information content (AvgIpc) is 3.19. The molecule has 28 heavy (non-hydrogen) atoms. The minimum atomic E-state index is -0.570. The summed E-state index contributed by atoms with van der Waals surface area (Å²) in [5.41, 5.74) is 2.56. The van der Waals surface area contributed by atoms with E-state index in [-0.39, 0.29) is 11.8 Å². The van der Waals surface area contributed by atoms with Crippen molar-refractivity contribution < 1.29 is 9.59 Å². The molecule has 1 aliphatic rings. The van der Waals surface area contributed by atoms with Crippen LogP contribution in [0.1, 0.15) is 21.6 Å². The van der Waals surface area contributed by atoms with Gasteiger partial charge in [-0.25, -0.2) is 0 Å². The number of benzene rings is 2. The lowest BCUT2D eigenvalue weighted by atomic mass is 10.1. The predicted molar refractivity (Wildman–Crippen MR) is 108 cm³/mol. The number of carbonyl (C=O) groups excluding carboxylic acids is 2. The van der Waals surface area contributed by atoms with Crippen molar-refractivity contribution in [3.05, 3.63) is 94.8 Å². The van der Waals surface area contributed by atoms with Gasteiger partial charge in [-0.1, -0.05) is 54.1 Å². The van der Waals surface area contributed by atoms with Crippen LogP contribution in [0.15, 0.2) is 72.9 Å². The van der Waals surface area contributed by atoms with E-state index in [1.54, 1.807) is 23.1 Å². The van der Waals surface area contributed by atoms with Crippen LogP contribution in [0.4, 0.5) is 0 Å². The number of carbonyl (C=O) groups is 2. The van der Waals surface area contributed by atoms with E-state index in [9.17, 15) is 9.59 Å². The van der Waals surface area contributed by atoms with Crippen LogP contribution in [0.3, 0.4) is 0 Å². The van der Waals surface area contributed by atoms with Crippen LogP contribution in [0, 0.1) is 0 Å². The van der Waals surface area contributed by atoms with E-state index < -0.39 is 6.04 Å². The first-order valence-corrected chi connectivity index (χ1v) is 9.52. The number of amides is 2. The Morgan fingerprint density at radius 3 is 2.50 bits per heavy atom. The molecule has 1 aromatic heterocycles. The van der Waals surface area contributed by atoms with Crippen molar-refractivity contribution in [2.24, 2.45) is 0 Å². The first kappa shape index (κ1) is 18.3. The molecule has 1 unspecified atom stereocenters. The monoisotopic (exact) mass is 393 g/mol. The van der Waals surface area contributed by atoms with Crippen molar-refractivity contribution in [1.82, 2.24) is 14.8 Å². The highest BCUT2D eigenvalue weighted by Crippen LogP contribution is 2.21.